The van der Waals surface area contributed by atoms with Gasteiger partial charge in [-0.05, 0) is 62.3 Å². The number of aliphatic hydroxyl groups is 1. The van der Waals surface area contributed by atoms with E-state index in [9.17, 15) is 19.5 Å². The fourth-order valence-corrected chi connectivity index (χ4v) is 6.93. The fourth-order valence-electron chi connectivity index (χ4n) is 5.79. The molecule has 1 aliphatic heterocycles. The molecule has 2 fully saturated rings. The molecule has 0 bridgehead atoms. The van der Waals surface area contributed by atoms with E-state index in [2.05, 4.69) is 10.6 Å². The van der Waals surface area contributed by atoms with Gasteiger partial charge in [-0.3, -0.25) is 14.4 Å². The second kappa shape index (κ2) is 12.3. The van der Waals surface area contributed by atoms with Crippen LogP contribution in [0.4, 0.5) is 0 Å². The summed E-state index contributed by atoms with van der Waals surface area (Å²) in [6.45, 7) is 6.22. The lowest BCUT2D eigenvalue weighted by atomic mass is 9.93. The topological polar surface area (TPSA) is 98.7 Å². The summed E-state index contributed by atoms with van der Waals surface area (Å²) in [5.41, 5.74) is 3.25. The Hall–Kier alpha value is -3.62. The molecule has 7 nitrogen and oxygen atoms in total. The average molecular weight is 586 g/mol. The monoisotopic (exact) mass is 585 g/mol. The van der Waals surface area contributed by atoms with Gasteiger partial charge in [0, 0.05) is 11.3 Å². The number of benzene rings is 3. The highest BCUT2D eigenvalue weighted by Crippen LogP contribution is 2.48. The van der Waals surface area contributed by atoms with E-state index in [0.717, 1.165) is 22.3 Å². The second-order valence-corrected chi connectivity index (χ2v) is 13.5. The molecule has 0 radical (unpaired) electrons. The maximum atomic E-state index is 14.0. The molecule has 42 heavy (non-hydrogen) atoms. The number of carbonyl (C=O) groups excluding carboxylic acids is 3. The van der Waals surface area contributed by atoms with E-state index < -0.39 is 34.3 Å². The number of hydrogen-bond acceptors (Lipinski definition) is 5. The van der Waals surface area contributed by atoms with Crippen LogP contribution in [0.25, 0.3) is 0 Å². The van der Waals surface area contributed by atoms with Gasteiger partial charge in [0.1, 0.15) is 6.04 Å². The second-order valence-electron chi connectivity index (χ2n) is 11.9. The minimum atomic E-state index is -1.53. The Morgan fingerprint density at radius 3 is 2.21 bits per heavy atom. The zero-order chi connectivity index (χ0) is 29.9. The first-order valence-electron chi connectivity index (χ1n) is 14.5. The standard InChI is InChI=1S/C34H39N3O4S/c1-23-12-10-11-15-25(23)21-35-30(39)29-33(2,3)42-22-37(29)31(40)28(38)27(20-24-13-6-4-7-14-24)36-32(41)34(18-19-34)26-16-8-5-9-17-26/h4-17,27-29,38H,18-22H2,1-3H3,(H,35,39)(H,36,41)/t27-,28-,29+/m0/s1. The van der Waals surface area contributed by atoms with Crippen molar-refractivity contribution in [1.29, 1.82) is 0 Å². The molecule has 3 aromatic rings. The summed E-state index contributed by atoms with van der Waals surface area (Å²) >= 11 is 1.50. The van der Waals surface area contributed by atoms with Crippen LogP contribution in [0.2, 0.25) is 0 Å². The zero-order valence-electron chi connectivity index (χ0n) is 24.4. The van der Waals surface area contributed by atoms with E-state index in [0.29, 0.717) is 19.4 Å². The van der Waals surface area contributed by atoms with Gasteiger partial charge in [-0.1, -0.05) is 84.9 Å². The fraction of sp³-hybridized carbons (Fsp3) is 0.382. The van der Waals surface area contributed by atoms with E-state index in [1.165, 1.54) is 16.7 Å². The maximum absolute atomic E-state index is 14.0. The van der Waals surface area contributed by atoms with Gasteiger partial charge < -0.3 is 20.6 Å². The number of rotatable bonds is 10. The van der Waals surface area contributed by atoms with Gasteiger partial charge in [-0.25, -0.2) is 0 Å². The Morgan fingerprint density at radius 2 is 1.57 bits per heavy atom. The highest BCUT2D eigenvalue weighted by Gasteiger charge is 2.53. The third-order valence-electron chi connectivity index (χ3n) is 8.55. The normalized spacial score (nSPS) is 19.9. The molecule has 3 aromatic carbocycles. The smallest absolute Gasteiger partial charge is 0.254 e. The third kappa shape index (κ3) is 6.25. The third-order valence-corrected chi connectivity index (χ3v) is 9.93. The molecule has 0 aromatic heterocycles. The first-order valence-corrected chi connectivity index (χ1v) is 15.5. The van der Waals surface area contributed by atoms with E-state index in [4.69, 9.17) is 0 Å². The van der Waals surface area contributed by atoms with Gasteiger partial charge in [0.05, 0.1) is 17.3 Å². The molecule has 3 atom stereocenters. The number of aryl methyl sites for hydroxylation is 1. The summed E-state index contributed by atoms with van der Waals surface area (Å²) in [6.07, 6.45) is 0.177. The number of aliphatic hydroxyl groups excluding tert-OH is 1. The minimum absolute atomic E-state index is 0.190. The molecular formula is C34H39N3O4S. The predicted octanol–water partition coefficient (Wildman–Crippen LogP) is 4.11. The molecule has 1 aliphatic carbocycles. The predicted molar refractivity (Wildman–Crippen MR) is 166 cm³/mol. The van der Waals surface area contributed by atoms with Crippen molar-refractivity contribution in [3.05, 3.63) is 107 Å². The Bertz CT molecular complexity index is 1420. The Kier molecular flexibility index (Phi) is 8.76. The van der Waals surface area contributed by atoms with Crippen LogP contribution in [-0.4, -0.2) is 56.5 Å². The van der Waals surface area contributed by atoms with Gasteiger partial charge >= 0.3 is 0 Å². The highest BCUT2D eigenvalue weighted by molar-refractivity contribution is 8.00. The minimum Gasteiger partial charge on any atom is -0.381 e. The van der Waals surface area contributed by atoms with Gasteiger partial charge in [0.15, 0.2) is 6.10 Å². The van der Waals surface area contributed by atoms with E-state index >= 15 is 0 Å². The van der Waals surface area contributed by atoms with Crippen LogP contribution in [0.3, 0.4) is 0 Å². The number of carbonyl (C=O) groups is 3. The molecule has 5 rings (SSSR count). The molecule has 1 saturated heterocycles. The Labute approximate surface area is 252 Å². The van der Waals surface area contributed by atoms with Crippen LogP contribution in [0.1, 0.15) is 48.9 Å². The van der Waals surface area contributed by atoms with Crippen molar-refractivity contribution in [2.45, 2.75) is 74.9 Å². The number of thioether (sulfide) groups is 1. The van der Waals surface area contributed by atoms with Gasteiger partial charge in [-0.15, -0.1) is 11.8 Å². The summed E-state index contributed by atoms with van der Waals surface area (Å²) in [6, 6.07) is 25.4. The van der Waals surface area contributed by atoms with E-state index in [1.54, 1.807) is 0 Å². The first kappa shape index (κ1) is 29.9. The van der Waals surface area contributed by atoms with Crippen LogP contribution < -0.4 is 10.6 Å². The lowest BCUT2D eigenvalue weighted by Crippen LogP contribution is -2.59. The van der Waals surface area contributed by atoms with Crippen molar-refractivity contribution in [3.8, 4) is 0 Å². The number of nitrogens with one attached hydrogen (secondary N) is 2. The van der Waals surface area contributed by atoms with Crippen molar-refractivity contribution in [1.82, 2.24) is 15.5 Å². The van der Waals surface area contributed by atoms with Crippen LogP contribution in [0.5, 0.6) is 0 Å². The number of hydrogen-bond donors (Lipinski definition) is 3. The molecule has 0 spiro atoms. The number of nitrogens with zero attached hydrogens (tertiary/aromatic N) is 1. The molecule has 3 amide bonds. The van der Waals surface area contributed by atoms with Crippen molar-refractivity contribution in [2.24, 2.45) is 0 Å². The summed E-state index contributed by atoms with van der Waals surface area (Å²) < 4.78 is -0.561. The summed E-state index contributed by atoms with van der Waals surface area (Å²) in [5, 5.41) is 17.6. The molecule has 2 aliphatic rings. The Morgan fingerprint density at radius 1 is 0.952 bits per heavy atom. The van der Waals surface area contributed by atoms with Crippen LogP contribution >= 0.6 is 11.8 Å². The molecular weight excluding hydrogens is 546 g/mol. The lowest BCUT2D eigenvalue weighted by molar-refractivity contribution is -0.148. The largest absolute Gasteiger partial charge is 0.381 e. The van der Waals surface area contributed by atoms with Crippen molar-refractivity contribution < 1.29 is 19.5 Å². The Balaban J connectivity index is 1.35. The number of amides is 3. The van der Waals surface area contributed by atoms with Crippen molar-refractivity contribution >= 4 is 29.5 Å². The maximum Gasteiger partial charge on any atom is 0.254 e. The zero-order valence-corrected chi connectivity index (χ0v) is 25.2. The highest BCUT2D eigenvalue weighted by atomic mass is 32.2. The van der Waals surface area contributed by atoms with Crippen LogP contribution in [0, 0.1) is 6.92 Å². The quantitative estimate of drug-likeness (QED) is 0.333. The molecule has 1 saturated carbocycles. The van der Waals surface area contributed by atoms with E-state index in [-0.39, 0.29) is 24.1 Å². The van der Waals surface area contributed by atoms with Crippen LogP contribution in [-0.2, 0) is 32.8 Å². The van der Waals surface area contributed by atoms with Crippen molar-refractivity contribution in [3.63, 3.8) is 0 Å². The van der Waals surface area contributed by atoms with Crippen LogP contribution in [0.15, 0.2) is 84.9 Å². The van der Waals surface area contributed by atoms with Gasteiger partial charge in [0.25, 0.3) is 5.91 Å². The molecule has 1 heterocycles. The summed E-state index contributed by atoms with van der Waals surface area (Å²) in [7, 11) is 0. The lowest BCUT2D eigenvalue weighted by Gasteiger charge is -2.33. The molecule has 220 valence electrons. The summed E-state index contributed by atoms with van der Waals surface area (Å²) in [4.78, 5) is 42.7. The first-order chi connectivity index (χ1) is 20.1. The van der Waals surface area contributed by atoms with E-state index in [1.807, 2.05) is 106 Å². The van der Waals surface area contributed by atoms with Gasteiger partial charge in [0.2, 0.25) is 11.8 Å². The van der Waals surface area contributed by atoms with Crippen molar-refractivity contribution in [2.75, 3.05) is 5.88 Å². The van der Waals surface area contributed by atoms with Gasteiger partial charge in [-0.2, -0.15) is 0 Å². The summed E-state index contributed by atoms with van der Waals surface area (Å²) in [5.74, 6) is -0.746. The molecule has 8 heteroatoms. The molecule has 3 N–H and O–H groups in total. The SMILES string of the molecule is Cc1ccccc1CNC(=O)[C@H]1N(C(=O)[C@@H](O)[C@H](Cc2ccccc2)NC(=O)C2(c3ccccc3)CC2)CSC1(C)C. The molecule has 0 unspecified atom stereocenters. The average Bonchev–Trinajstić information content (AvgIpc) is 3.74.